The Morgan fingerprint density at radius 2 is 0.887 bits per heavy atom. The Balaban J connectivity index is 0.000000180. The van der Waals surface area contributed by atoms with Gasteiger partial charge in [-0.3, -0.25) is 43.0 Å². The molecule has 6 aromatic carbocycles. The van der Waals surface area contributed by atoms with Crippen molar-refractivity contribution in [1.29, 1.82) is 0 Å². The molecule has 0 bridgehead atoms. The van der Waals surface area contributed by atoms with E-state index in [2.05, 4.69) is 5.32 Å². The predicted octanol–water partition coefficient (Wildman–Crippen LogP) is 7.83. The van der Waals surface area contributed by atoms with Gasteiger partial charge in [0.15, 0.2) is 0 Å². The summed E-state index contributed by atoms with van der Waals surface area (Å²) in [5.41, 5.74) is 2.05. The van der Waals surface area contributed by atoms with Crippen LogP contribution in [0.1, 0.15) is 56.0 Å². The Morgan fingerprint density at radius 1 is 0.484 bits per heavy atom. The lowest BCUT2D eigenvalue weighted by Crippen LogP contribution is -2.24. The molecule has 1 aliphatic rings. The zero-order chi connectivity index (χ0) is 44.4. The second kappa shape index (κ2) is 17.2. The Labute approximate surface area is 354 Å². The van der Waals surface area contributed by atoms with Crippen LogP contribution < -0.4 is 37.0 Å². The van der Waals surface area contributed by atoms with Gasteiger partial charge in [-0.25, -0.2) is 4.57 Å². The molecule has 9 rings (SSSR count). The molecule has 8 aromatic rings. The fourth-order valence-corrected chi connectivity index (χ4v) is 6.79. The molecule has 0 fully saturated rings. The standard InChI is InChI=1S/C24H16N2O5.C23H18N2O4.C2H6/c1-13-3-7-15(8-4-13)31-16-9-5-14(6-10-16)26-23(29)19-11-17-18(12-20(19)24(26)30)22(28)25(2)21(17)27;1-14-3-8-17(9-4-14)29-18-10-6-16(7-11-18)24-21(26)15-5-12-19-20(13-15)23(28)25(2)22(19)27;1-2/h3-12H,1-2H3;3-13H,1-2H3,(H,24,26);1-2H3. The quantitative estimate of drug-likeness (QED) is 0.158. The molecular weight excluding hydrogens is 789 g/mol. The van der Waals surface area contributed by atoms with Gasteiger partial charge in [-0.15, -0.1) is 0 Å². The maximum atomic E-state index is 12.9. The Kier molecular flexibility index (Phi) is 11.6. The molecule has 310 valence electrons. The van der Waals surface area contributed by atoms with Crippen molar-refractivity contribution in [3.8, 4) is 28.7 Å². The summed E-state index contributed by atoms with van der Waals surface area (Å²) in [5, 5.41) is 3.27. The number of nitrogens with one attached hydrogen (secondary N) is 1. The Morgan fingerprint density at radius 3 is 1.35 bits per heavy atom. The number of aryl methyl sites for hydroxylation is 2. The average Bonchev–Trinajstić information content (AvgIpc) is 3.76. The van der Waals surface area contributed by atoms with Gasteiger partial charge < -0.3 is 14.8 Å². The Hall–Kier alpha value is -8.19. The summed E-state index contributed by atoms with van der Waals surface area (Å²) in [5.74, 6) is 1.48. The van der Waals surface area contributed by atoms with Crippen LogP contribution in [0.5, 0.6) is 23.0 Å². The second-order valence-corrected chi connectivity index (χ2v) is 14.3. The molecule has 0 spiro atoms. The van der Waals surface area contributed by atoms with Gasteiger partial charge in [0.2, 0.25) is 0 Å². The molecule has 3 amide bonds. The highest BCUT2D eigenvalue weighted by molar-refractivity contribution is 6.22. The third-order valence-corrected chi connectivity index (χ3v) is 10.2. The number of aromatic nitrogens is 2. The molecule has 0 radical (unpaired) electrons. The summed E-state index contributed by atoms with van der Waals surface area (Å²) in [6.45, 7) is 7.99. The molecule has 1 N–H and O–H groups in total. The van der Waals surface area contributed by atoms with Crippen LogP contribution in [0.4, 0.5) is 5.69 Å². The topological polar surface area (TPSA) is 163 Å². The van der Waals surface area contributed by atoms with Crippen LogP contribution in [0.2, 0.25) is 0 Å². The zero-order valence-electron chi connectivity index (χ0n) is 34.6. The molecule has 13 heteroatoms. The first-order valence-corrected chi connectivity index (χ1v) is 19.6. The summed E-state index contributed by atoms with van der Waals surface area (Å²) in [4.78, 5) is 88.0. The number of amides is 3. The lowest BCUT2D eigenvalue weighted by atomic mass is 10.1. The van der Waals surface area contributed by atoms with E-state index in [0.29, 0.717) is 39.8 Å². The van der Waals surface area contributed by atoms with E-state index < -0.39 is 28.1 Å². The third kappa shape index (κ3) is 8.06. The summed E-state index contributed by atoms with van der Waals surface area (Å²) >= 11 is 0. The lowest BCUT2D eigenvalue weighted by molar-refractivity contribution is 0.0693. The largest absolute Gasteiger partial charge is 0.457 e. The molecule has 1 aliphatic heterocycles. The van der Waals surface area contributed by atoms with Gasteiger partial charge >= 0.3 is 0 Å². The smallest absolute Gasteiger partial charge is 0.266 e. The number of fused-ring (bicyclic) bond motifs is 3. The number of rotatable bonds is 7. The first-order valence-electron chi connectivity index (χ1n) is 19.6. The van der Waals surface area contributed by atoms with Crippen molar-refractivity contribution < 1.29 is 23.9 Å². The first-order chi connectivity index (χ1) is 29.8. The average molecular weight is 829 g/mol. The van der Waals surface area contributed by atoms with E-state index in [1.165, 1.54) is 44.4 Å². The van der Waals surface area contributed by atoms with Crippen molar-refractivity contribution >= 4 is 45.0 Å². The van der Waals surface area contributed by atoms with Crippen LogP contribution in [-0.4, -0.2) is 38.8 Å². The highest BCUT2D eigenvalue weighted by Crippen LogP contribution is 2.26. The monoisotopic (exact) mass is 828 g/mol. The van der Waals surface area contributed by atoms with Crippen molar-refractivity contribution in [3.63, 3.8) is 0 Å². The normalized spacial score (nSPS) is 11.7. The van der Waals surface area contributed by atoms with Gasteiger partial charge in [0, 0.05) is 25.3 Å². The molecule has 0 aliphatic carbocycles. The van der Waals surface area contributed by atoms with Gasteiger partial charge in [0.1, 0.15) is 23.0 Å². The van der Waals surface area contributed by atoms with Crippen molar-refractivity contribution in [2.75, 3.05) is 12.4 Å². The lowest BCUT2D eigenvalue weighted by Gasteiger charge is -2.09. The van der Waals surface area contributed by atoms with Gasteiger partial charge in [0.25, 0.3) is 40.0 Å². The highest BCUT2D eigenvalue weighted by Gasteiger charge is 2.33. The Bertz CT molecular complexity index is 3150. The van der Waals surface area contributed by atoms with Crippen LogP contribution >= 0.6 is 0 Å². The molecule has 3 heterocycles. The van der Waals surface area contributed by atoms with E-state index in [4.69, 9.17) is 9.47 Å². The number of nitrogens with zero attached hydrogens (tertiary/aromatic N) is 3. The van der Waals surface area contributed by atoms with Crippen molar-refractivity contribution in [3.05, 3.63) is 197 Å². The number of carbonyl (C=O) groups excluding carboxylic acids is 3. The van der Waals surface area contributed by atoms with Crippen LogP contribution in [0, 0.1) is 13.8 Å². The second-order valence-electron chi connectivity index (χ2n) is 14.3. The van der Waals surface area contributed by atoms with E-state index in [1.807, 2.05) is 76.2 Å². The number of carbonyl (C=O) groups is 3. The molecule has 0 saturated heterocycles. The summed E-state index contributed by atoms with van der Waals surface area (Å²) < 4.78 is 13.6. The van der Waals surface area contributed by atoms with E-state index >= 15 is 0 Å². The zero-order valence-corrected chi connectivity index (χ0v) is 34.6. The highest BCUT2D eigenvalue weighted by atomic mass is 16.5. The van der Waals surface area contributed by atoms with E-state index in [0.717, 1.165) is 30.9 Å². The van der Waals surface area contributed by atoms with Crippen molar-refractivity contribution in [1.82, 2.24) is 14.0 Å². The minimum absolute atomic E-state index is 0.111. The molecule has 13 nitrogen and oxygen atoms in total. The van der Waals surface area contributed by atoms with Gasteiger partial charge in [-0.05, 0) is 117 Å². The predicted molar refractivity (Wildman–Crippen MR) is 238 cm³/mol. The van der Waals surface area contributed by atoms with Gasteiger partial charge in [0.05, 0.1) is 38.4 Å². The van der Waals surface area contributed by atoms with E-state index in [1.54, 1.807) is 48.5 Å². The molecule has 0 atom stereocenters. The SMILES string of the molecule is CC.Cc1ccc(Oc2ccc(-n3c(=O)c4cc5c(=O)n(C)c(=O)c5cc4c3=O)cc2)cc1.Cc1ccc(Oc2ccc(NC(=O)c3ccc4c(c3)C(=O)N(C)C4=O)cc2)cc1. The number of imide groups is 1. The minimum Gasteiger partial charge on any atom is -0.457 e. The van der Waals surface area contributed by atoms with Crippen LogP contribution in [0.25, 0.3) is 27.2 Å². The molecule has 62 heavy (non-hydrogen) atoms. The number of ether oxygens (including phenoxy) is 2. The van der Waals surface area contributed by atoms with Gasteiger partial charge in [-0.2, -0.15) is 0 Å². The maximum absolute atomic E-state index is 12.9. The summed E-state index contributed by atoms with van der Waals surface area (Å²) in [7, 11) is 2.79. The molecule has 0 saturated carbocycles. The number of hydrogen-bond donors (Lipinski definition) is 1. The van der Waals surface area contributed by atoms with Crippen molar-refractivity contribution in [2.24, 2.45) is 7.05 Å². The van der Waals surface area contributed by atoms with E-state index in [9.17, 15) is 33.6 Å². The number of benzene rings is 6. The number of hydrogen-bond acceptors (Lipinski definition) is 9. The van der Waals surface area contributed by atoms with Crippen LogP contribution in [0.15, 0.2) is 147 Å². The van der Waals surface area contributed by atoms with Crippen molar-refractivity contribution in [2.45, 2.75) is 27.7 Å². The summed E-state index contributed by atoms with van der Waals surface area (Å²) in [6, 6.07) is 36.0. The maximum Gasteiger partial charge on any atom is 0.266 e. The van der Waals surface area contributed by atoms with Crippen LogP contribution in [0.3, 0.4) is 0 Å². The minimum atomic E-state index is -0.537. The number of anilines is 1. The van der Waals surface area contributed by atoms with Gasteiger partial charge in [-0.1, -0.05) is 49.2 Å². The summed E-state index contributed by atoms with van der Waals surface area (Å²) in [6.07, 6.45) is 0. The first kappa shape index (κ1) is 42.0. The third-order valence-electron chi connectivity index (χ3n) is 10.2. The van der Waals surface area contributed by atoms with Crippen LogP contribution in [-0.2, 0) is 7.05 Å². The van der Waals surface area contributed by atoms with E-state index in [-0.39, 0.29) is 38.9 Å². The molecular formula is C49H40N4O9. The fraction of sp³-hybridized carbons (Fsp3) is 0.122. The molecule has 0 unspecified atom stereocenters. The molecule has 2 aromatic heterocycles. The fourth-order valence-electron chi connectivity index (χ4n) is 6.79.